The zero-order chi connectivity index (χ0) is 17.5. The highest BCUT2D eigenvalue weighted by atomic mass is 35.5. The number of piperidine rings is 1. The van der Waals surface area contributed by atoms with Gasteiger partial charge in [0.05, 0.1) is 13.1 Å². The van der Waals surface area contributed by atoms with Gasteiger partial charge in [-0.1, -0.05) is 6.07 Å². The lowest BCUT2D eigenvalue weighted by Crippen LogP contribution is -2.50. The van der Waals surface area contributed by atoms with Gasteiger partial charge < -0.3 is 16.4 Å². The molecule has 148 valence electrons. The summed E-state index contributed by atoms with van der Waals surface area (Å²) in [5, 5.41) is 5.22. The van der Waals surface area contributed by atoms with Gasteiger partial charge in [0.1, 0.15) is 11.6 Å². The molecule has 1 atom stereocenters. The highest BCUT2D eigenvalue weighted by molar-refractivity contribution is 5.86. The minimum absolute atomic E-state index is 0. The van der Waals surface area contributed by atoms with Crippen LogP contribution in [0.1, 0.15) is 18.4 Å². The number of likely N-dealkylation sites (tertiary alicyclic amines) is 1. The number of benzene rings is 1. The van der Waals surface area contributed by atoms with Crippen LogP contribution < -0.4 is 16.4 Å². The van der Waals surface area contributed by atoms with Gasteiger partial charge in [-0.2, -0.15) is 0 Å². The first kappa shape index (κ1) is 24.5. The van der Waals surface area contributed by atoms with Crippen molar-refractivity contribution < 1.29 is 18.4 Å². The van der Waals surface area contributed by atoms with E-state index in [1.165, 1.54) is 18.2 Å². The van der Waals surface area contributed by atoms with Crippen LogP contribution >= 0.6 is 24.8 Å². The SMILES string of the molecule is Cl.Cl.NCC(=O)NCC(=O)NC1CCCN(Cc2c(F)cccc2F)C1. The van der Waals surface area contributed by atoms with Crippen molar-refractivity contribution >= 4 is 36.6 Å². The van der Waals surface area contributed by atoms with Crippen molar-refractivity contribution in [2.24, 2.45) is 5.73 Å². The molecular formula is C16H24Cl2F2N4O2. The molecule has 0 saturated carbocycles. The summed E-state index contributed by atoms with van der Waals surface area (Å²) in [5.74, 6) is -1.83. The normalized spacial score (nSPS) is 16.8. The largest absolute Gasteiger partial charge is 0.351 e. The number of amides is 2. The second-order valence-corrected chi connectivity index (χ2v) is 5.82. The standard InChI is InChI=1S/C16H22F2N4O2.2ClH/c17-13-4-1-5-14(18)12(13)10-22-6-2-3-11(9-22)21-16(24)8-20-15(23)7-19;;/h1,4-5,11H,2-3,6-10,19H2,(H,20,23)(H,21,24);2*1H. The third-order valence-corrected chi connectivity index (χ3v) is 3.95. The molecule has 6 nitrogen and oxygen atoms in total. The maximum atomic E-state index is 13.7. The molecule has 1 aliphatic rings. The van der Waals surface area contributed by atoms with E-state index in [0.717, 1.165) is 12.8 Å². The number of nitrogens with zero attached hydrogens (tertiary/aromatic N) is 1. The van der Waals surface area contributed by atoms with Crippen molar-refractivity contribution in [3.63, 3.8) is 0 Å². The molecule has 4 N–H and O–H groups in total. The van der Waals surface area contributed by atoms with Gasteiger partial charge in [0.15, 0.2) is 0 Å². The molecular weight excluding hydrogens is 389 g/mol. The van der Waals surface area contributed by atoms with E-state index in [1.54, 1.807) is 0 Å². The summed E-state index contributed by atoms with van der Waals surface area (Å²) in [6, 6.07) is 3.70. The number of nitrogens with two attached hydrogens (primary N) is 1. The van der Waals surface area contributed by atoms with Crippen LogP contribution in [0.4, 0.5) is 8.78 Å². The van der Waals surface area contributed by atoms with Gasteiger partial charge >= 0.3 is 0 Å². The van der Waals surface area contributed by atoms with Crippen molar-refractivity contribution in [1.82, 2.24) is 15.5 Å². The Kier molecular flexibility index (Phi) is 11.3. The third-order valence-electron chi connectivity index (χ3n) is 3.95. The molecule has 1 aromatic rings. The molecule has 1 saturated heterocycles. The lowest BCUT2D eigenvalue weighted by molar-refractivity contribution is -0.126. The molecule has 0 bridgehead atoms. The zero-order valence-electron chi connectivity index (χ0n) is 14.2. The predicted molar refractivity (Wildman–Crippen MR) is 99.4 cm³/mol. The fourth-order valence-electron chi connectivity index (χ4n) is 2.75. The summed E-state index contributed by atoms with van der Waals surface area (Å²) in [4.78, 5) is 24.7. The smallest absolute Gasteiger partial charge is 0.239 e. The van der Waals surface area contributed by atoms with Crippen LogP contribution in [-0.4, -0.2) is 48.9 Å². The van der Waals surface area contributed by atoms with E-state index in [-0.39, 0.29) is 62.0 Å². The van der Waals surface area contributed by atoms with Crippen LogP contribution in [0.25, 0.3) is 0 Å². The van der Waals surface area contributed by atoms with Crippen LogP contribution in [0.2, 0.25) is 0 Å². The molecule has 1 heterocycles. The van der Waals surface area contributed by atoms with Crippen LogP contribution in [0, 0.1) is 11.6 Å². The van der Waals surface area contributed by atoms with E-state index in [2.05, 4.69) is 10.6 Å². The summed E-state index contributed by atoms with van der Waals surface area (Å²) in [6.07, 6.45) is 1.60. The lowest BCUT2D eigenvalue weighted by atomic mass is 10.0. The van der Waals surface area contributed by atoms with Gasteiger partial charge in [-0.3, -0.25) is 14.5 Å². The van der Waals surface area contributed by atoms with Crippen LogP contribution in [-0.2, 0) is 16.1 Å². The summed E-state index contributed by atoms with van der Waals surface area (Å²) >= 11 is 0. The van der Waals surface area contributed by atoms with Crippen LogP contribution in [0.3, 0.4) is 0 Å². The Morgan fingerprint density at radius 2 is 1.85 bits per heavy atom. The summed E-state index contributed by atoms with van der Waals surface area (Å²) in [6.45, 7) is 1.08. The summed E-state index contributed by atoms with van der Waals surface area (Å²) < 4.78 is 27.5. The highest BCUT2D eigenvalue weighted by Gasteiger charge is 2.23. The molecule has 2 amide bonds. The number of carbonyl (C=O) groups excluding carboxylic acids is 2. The van der Waals surface area contributed by atoms with Gasteiger partial charge in [0.25, 0.3) is 0 Å². The third kappa shape index (κ3) is 7.41. The van der Waals surface area contributed by atoms with E-state index in [0.29, 0.717) is 13.1 Å². The number of carbonyl (C=O) groups is 2. The second kappa shape index (κ2) is 12.0. The molecule has 2 rings (SSSR count). The predicted octanol–water partition coefficient (Wildman–Crippen LogP) is 0.964. The van der Waals surface area contributed by atoms with Crippen LogP contribution in [0.5, 0.6) is 0 Å². The molecule has 26 heavy (non-hydrogen) atoms. The molecule has 1 aromatic carbocycles. The Morgan fingerprint density at radius 3 is 2.46 bits per heavy atom. The maximum absolute atomic E-state index is 13.7. The molecule has 0 aromatic heterocycles. The van der Waals surface area contributed by atoms with Gasteiger partial charge in [-0.25, -0.2) is 8.78 Å². The molecule has 0 radical (unpaired) electrons. The minimum Gasteiger partial charge on any atom is -0.351 e. The molecule has 0 spiro atoms. The van der Waals surface area contributed by atoms with Crippen molar-refractivity contribution in [2.75, 3.05) is 26.2 Å². The average molecular weight is 413 g/mol. The van der Waals surface area contributed by atoms with Crippen molar-refractivity contribution in [3.8, 4) is 0 Å². The monoisotopic (exact) mass is 412 g/mol. The Morgan fingerprint density at radius 1 is 1.19 bits per heavy atom. The fourth-order valence-corrected chi connectivity index (χ4v) is 2.75. The Bertz CT molecular complexity index is 587. The number of rotatable bonds is 6. The average Bonchev–Trinajstić information content (AvgIpc) is 2.56. The first-order chi connectivity index (χ1) is 11.5. The first-order valence-electron chi connectivity index (χ1n) is 7.91. The number of nitrogens with one attached hydrogen (secondary N) is 2. The topological polar surface area (TPSA) is 87.5 Å². The van der Waals surface area contributed by atoms with E-state index < -0.39 is 17.5 Å². The molecule has 1 fully saturated rings. The molecule has 10 heteroatoms. The van der Waals surface area contributed by atoms with Crippen molar-refractivity contribution in [1.29, 1.82) is 0 Å². The highest BCUT2D eigenvalue weighted by Crippen LogP contribution is 2.18. The Labute approximate surface area is 163 Å². The first-order valence-corrected chi connectivity index (χ1v) is 7.91. The Balaban J connectivity index is 0.00000312. The maximum Gasteiger partial charge on any atom is 0.239 e. The summed E-state index contributed by atoms with van der Waals surface area (Å²) in [7, 11) is 0. The molecule has 1 unspecified atom stereocenters. The van der Waals surface area contributed by atoms with Gasteiger partial charge in [-0.15, -0.1) is 24.8 Å². The fraction of sp³-hybridized carbons (Fsp3) is 0.500. The van der Waals surface area contributed by atoms with Crippen LogP contribution in [0.15, 0.2) is 18.2 Å². The quantitative estimate of drug-likeness (QED) is 0.649. The van der Waals surface area contributed by atoms with E-state index in [1.807, 2.05) is 4.90 Å². The number of hydrogen-bond donors (Lipinski definition) is 3. The lowest BCUT2D eigenvalue weighted by Gasteiger charge is -2.33. The van der Waals surface area contributed by atoms with Crippen molar-refractivity contribution in [2.45, 2.75) is 25.4 Å². The van der Waals surface area contributed by atoms with Gasteiger partial charge in [0.2, 0.25) is 11.8 Å². The van der Waals surface area contributed by atoms with E-state index in [4.69, 9.17) is 5.73 Å². The molecule has 0 aliphatic carbocycles. The van der Waals surface area contributed by atoms with Gasteiger partial charge in [0, 0.05) is 24.7 Å². The van der Waals surface area contributed by atoms with E-state index >= 15 is 0 Å². The second-order valence-electron chi connectivity index (χ2n) is 5.82. The van der Waals surface area contributed by atoms with E-state index in [9.17, 15) is 18.4 Å². The minimum atomic E-state index is -0.564. The van der Waals surface area contributed by atoms with Crippen molar-refractivity contribution in [3.05, 3.63) is 35.4 Å². The molecule has 1 aliphatic heterocycles. The van der Waals surface area contributed by atoms with Gasteiger partial charge in [-0.05, 0) is 31.5 Å². The zero-order valence-corrected chi connectivity index (χ0v) is 15.8. The number of hydrogen-bond acceptors (Lipinski definition) is 4. The summed E-state index contributed by atoms with van der Waals surface area (Å²) in [5.41, 5.74) is 5.19. The number of halogens is 4. The Hall–Kier alpha value is -1.48.